The average molecular weight is 384 g/mol. The Morgan fingerprint density at radius 1 is 0.893 bits per heavy atom. The SMILES string of the molecule is O=c1oc2ccccc2cc1Sc1nc2ccccc2n1Cc1ccccc1. The van der Waals surface area contributed by atoms with Crippen LogP contribution in [-0.2, 0) is 6.54 Å². The van der Waals surface area contributed by atoms with Gasteiger partial charge in [0.15, 0.2) is 5.16 Å². The van der Waals surface area contributed by atoms with Crippen LogP contribution in [0.5, 0.6) is 0 Å². The van der Waals surface area contributed by atoms with Gasteiger partial charge in [0, 0.05) is 5.39 Å². The third kappa shape index (κ3) is 3.10. The van der Waals surface area contributed by atoms with Crippen LogP contribution < -0.4 is 5.63 Å². The number of benzene rings is 3. The van der Waals surface area contributed by atoms with Crippen molar-refractivity contribution >= 4 is 33.8 Å². The van der Waals surface area contributed by atoms with Crippen LogP contribution in [-0.4, -0.2) is 9.55 Å². The molecular formula is C23H16N2O2S. The summed E-state index contributed by atoms with van der Waals surface area (Å²) < 4.78 is 7.63. The molecule has 0 fully saturated rings. The van der Waals surface area contributed by atoms with E-state index in [1.165, 1.54) is 17.3 Å². The second kappa shape index (κ2) is 7.02. The summed E-state index contributed by atoms with van der Waals surface area (Å²) in [5.74, 6) is 0. The number of fused-ring (bicyclic) bond motifs is 2. The van der Waals surface area contributed by atoms with Crippen LogP contribution in [0.4, 0.5) is 0 Å². The molecule has 0 aliphatic rings. The topological polar surface area (TPSA) is 48.0 Å². The molecule has 0 unspecified atom stereocenters. The zero-order valence-electron chi connectivity index (χ0n) is 14.9. The average Bonchev–Trinajstić information content (AvgIpc) is 3.06. The number of imidazole rings is 1. The lowest BCUT2D eigenvalue weighted by Crippen LogP contribution is -2.05. The van der Waals surface area contributed by atoms with Crippen molar-refractivity contribution in [2.75, 3.05) is 0 Å². The molecule has 28 heavy (non-hydrogen) atoms. The van der Waals surface area contributed by atoms with Gasteiger partial charge in [0.25, 0.3) is 0 Å². The monoisotopic (exact) mass is 384 g/mol. The summed E-state index contributed by atoms with van der Waals surface area (Å²) in [7, 11) is 0. The molecule has 0 saturated heterocycles. The lowest BCUT2D eigenvalue weighted by atomic mass is 10.2. The molecule has 0 aliphatic heterocycles. The molecule has 2 aromatic heterocycles. The van der Waals surface area contributed by atoms with Gasteiger partial charge in [0.1, 0.15) is 10.5 Å². The van der Waals surface area contributed by atoms with Gasteiger partial charge in [-0.1, -0.05) is 60.7 Å². The molecule has 136 valence electrons. The van der Waals surface area contributed by atoms with Gasteiger partial charge in [0.2, 0.25) is 0 Å². The van der Waals surface area contributed by atoms with Crippen molar-refractivity contribution in [3.63, 3.8) is 0 Å². The molecule has 0 atom stereocenters. The van der Waals surface area contributed by atoms with Crippen molar-refractivity contribution in [1.29, 1.82) is 0 Å². The minimum atomic E-state index is -0.345. The highest BCUT2D eigenvalue weighted by atomic mass is 32.2. The Kier molecular flexibility index (Phi) is 4.22. The van der Waals surface area contributed by atoms with Crippen molar-refractivity contribution < 1.29 is 4.42 Å². The summed E-state index contributed by atoms with van der Waals surface area (Å²) in [5, 5.41) is 1.67. The third-order valence-corrected chi connectivity index (χ3v) is 5.61. The van der Waals surface area contributed by atoms with Crippen LogP contribution in [0.25, 0.3) is 22.0 Å². The van der Waals surface area contributed by atoms with Gasteiger partial charge in [-0.3, -0.25) is 0 Å². The van der Waals surface area contributed by atoms with E-state index in [4.69, 9.17) is 9.40 Å². The Balaban J connectivity index is 1.62. The predicted molar refractivity (Wildman–Crippen MR) is 112 cm³/mol. The molecule has 3 aromatic carbocycles. The van der Waals surface area contributed by atoms with E-state index in [9.17, 15) is 4.79 Å². The fraction of sp³-hybridized carbons (Fsp3) is 0.0435. The van der Waals surface area contributed by atoms with Gasteiger partial charge in [-0.2, -0.15) is 0 Å². The van der Waals surface area contributed by atoms with Gasteiger partial charge in [-0.25, -0.2) is 9.78 Å². The molecule has 0 aliphatic carbocycles. The number of hydrogen-bond donors (Lipinski definition) is 0. The van der Waals surface area contributed by atoms with Crippen molar-refractivity contribution in [3.8, 4) is 0 Å². The van der Waals surface area contributed by atoms with E-state index in [1.54, 1.807) is 6.07 Å². The first-order chi connectivity index (χ1) is 13.8. The van der Waals surface area contributed by atoms with E-state index in [1.807, 2.05) is 60.7 Å². The predicted octanol–water partition coefficient (Wildman–Crippen LogP) is 5.34. The minimum Gasteiger partial charge on any atom is -0.422 e. The molecule has 5 aromatic rings. The van der Waals surface area contributed by atoms with E-state index in [2.05, 4.69) is 22.8 Å². The summed E-state index contributed by atoms with van der Waals surface area (Å²) in [6.45, 7) is 0.683. The molecule has 0 bridgehead atoms. The minimum absolute atomic E-state index is 0.345. The number of hydrogen-bond acceptors (Lipinski definition) is 4. The largest absolute Gasteiger partial charge is 0.422 e. The van der Waals surface area contributed by atoms with Crippen LogP contribution in [0, 0.1) is 0 Å². The maximum atomic E-state index is 12.5. The zero-order valence-corrected chi connectivity index (χ0v) is 15.7. The first kappa shape index (κ1) is 16.8. The standard InChI is InChI=1S/C23H16N2O2S/c26-22-21(14-17-10-4-7-13-20(17)27-22)28-23-24-18-11-5-6-12-19(18)25(23)15-16-8-2-1-3-9-16/h1-14H,15H2. The van der Waals surface area contributed by atoms with Crippen LogP contribution in [0.2, 0.25) is 0 Å². The van der Waals surface area contributed by atoms with Gasteiger partial charge in [0.05, 0.1) is 17.6 Å². The van der Waals surface area contributed by atoms with Crippen LogP contribution in [0.3, 0.4) is 0 Å². The number of nitrogens with zero attached hydrogens (tertiary/aromatic N) is 2. The first-order valence-electron chi connectivity index (χ1n) is 8.98. The normalized spacial score (nSPS) is 11.3. The summed E-state index contributed by atoms with van der Waals surface area (Å²) in [5.41, 5.74) is 3.37. The van der Waals surface area contributed by atoms with Gasteiger partial charge >= 0.3 is 5.63 Å². The highest BCUT2D eigenvalue weighted by molar-refractivity contribution is 7.99. The second-order valence-corrected chi connectivity index (χ2v) is 7.50. The van der Waals surface area contributed by atoms with Crippen LogP contribution in [0.1, 0.15) is 5.56 Å². The van der Waals surface area contributed by atoms with Crippen molar-refractivity contribution in [2.24, 2.45) is 0 Å². The summed E-state index contributed by atoms with van der Waals surface area (Å²) in [6, 6.07) is 27.7. The molecule has 4 nitrogen and oxygen atoms in total. The van der Waals surface area contributed by atoms with Gasteiger partial charge in [-0.15, -0.1) is 0 Å². The van der Waals surface area contributed by atoms with E-state index < -0.39 is 0 Å². The number of para-hydroxylation sites is 3. The van der Waals surface area contributed by atoms with E-state index >= 15 is 0 Å². The quantitative estimate of drug-likeness (QED) is 0.392. The highest BCUT2D eigenvalue weighted by Gasteiger charge is 2.15. The van der Waals surface area contributed by atoms with E-state index in [0.717, 1.165) is 21.6 Å². The number of rotatable bonds is 4. The molecule has 5 heteroatoms. The Hall–Kier alpha value is -3.31. The van der Waals surface area contributed by atoms with Crippen LogP contribution >= 0.6 is 11.8 Å². The summed E-state index contributed by atoms with van der Waals surface area (Å²) in [4.78, 5) is 17.8. The fourth-order valence-electron chi connectivity index (χ4n) is 3.26. The Labute approximate surface area is 165 Å². The third-order valence-electron chi connectivity index (χ3n) is 4.61. The van der Waals surface area contributed by atoms with E-state index in [0.29, 0.717) is 17.0 Å². The van der Waals surface area contributed by atoms with Crippen molar-refractivity contribution in [3.05, 3.63) is 101 Å². The lowest BCUT2D eigenvalue weighted by Gasteiger charge is -2.09. The number of aromatic nitrogens is 2. The molecule has 0 saturated carbocycles. The highest BCUT2D eigenvalue weighted by Crippen LogP contribution is 2.30. The maximum Gasteiger partial charge on any atom is 0.350 e. The Bertz CT molecular complexity index is 1340. The zero-order chi connectivity index (χ0) is 18.9. The molecule has 0 amide bonds. The van der Waals surface area contributed by atoms with Gasteiger partial charge in [-0.05, 0) is 41.6 Å². The van der Waals surface area contributed by atoms with Crippen molar-refractivity contribution in [2.45, 2.75) is 16.6 Å². The van der Waals surface area contributed by atoms with Crippen molar-refractivity contribution in [1.82, 2.24) is 9.55 Å². The second-order valence-electron chi connectivity index (χ2n) is 6.49. The van der Waals surface area contributed by atoms with Gasteiger partial charge < -0.3 is 8.98 Å². The maximum absolute atomic E-state index is 12.5. The molecule has 2 heterocycles. The van der Waals surface area contributed by atoms with Crippen LogP contribution in [0.15, 0.2) is 104 Å². The molecule has 0 N–H and O–H groups in total. The Morgan fingerprint density at radius 2 is 1.64 bits per heavy atom. The molecular weight excluding hydrogens is 368 g/mol. The molecule has 0 radical (unpaired) electrons. The summed E-state index contributed by atoms with van der Waals surface area (Å²) >= 11 is 1.35. The lowest BCUT2D eigenvalue weighted by molar-refractivity contribution is 0.543. The Morgan fingerprint density at radius 3 is 2.54 bits per heavy atom. The molecule has 0 spiro atoms. The fourth-order valence-corrected chi connectivity index (χ4v) is 4.19. The smallest absolute Gasteiger partial charge is 0.350 e. The first-order valence-corrected chi connectivity index (χ1v) is 9.79. The van der Waals surface area contributed by atoms with E-state index in [-0.39, 0.29) is 5.63 Å². The summed E-state index contributed by atoms with van der Waals surface area (Å²) in [6.07, 6.45) is 0. The molecule has 5 rings (SSSR count).